The third-order valence-electron chi connectivity index (χ3n) is 4.93. The molecule has 0 spiro atoms. The number of aryl methyl sites for hydroxylation is 1. The molecule has 1 saturated heterocycles. The van der Waals surface area contributed by atoms with Gasteiger partial charge in [0.05, 0.1) is 17.9 Å². The number of hydrogen-bond donors (Lipinski definition) is 0. The van der Waals surface area contributed by atoms with Gasteiger partial charge in [0, 0.05) is 51.0 Å². The first-order valence-corrected chi connectivity index (χ1v) is 10.5. The first-order valence-electron chi connectivity index (χ1n) is 8.38. The van der Waals surface area contributed by atoms with Gasteiger partial charge < -0.3 is 0 Å². The molecule has 8 nitrogen and oxygen atoms in total. The molecule has 0 radical (unpaired) electrons. The van der Waals surface area contributed by atoms with E-state index in [2.05, 4.69) is 18.7 Å². The average molecular weight is 393 g/mol. The molecule has 1 fully saturated rings. The molecule has 3 aromatic rings. The molecule has 0 N–H and O–H groups in total. The summed E-state index contributed by atoms with van der Waals surface area (Å²) in [6.45, 7) is 5.16. The lowest BCUT2D eigenvalue weighted by atomic mass is 10.2. The van der Waals surface area contributed by atoms with Crippen molar-refractivity contribution in [3.8, 4) is 0 Å². The minimum absolute atomic E-state index is 0.250. The molecule has 1 aromatic carbocycles. The topological polar surface area (TPSA) is 84.2 Å². The number of fused-ring (bicyclic) bond motifs is 1. The molecule has 10 heteroatoms. The minimum atomic E-state index is -3.56. The van der Waals surface area contributed by atoms with E-state index in [1.165, 1.54) is 5.56 Å². The van der Waals surface area contributed by atoms with Crippen molar-refractivity contribution in [1.82, 2.24) is 27.7 Å². The van der Waals surface area contributed by atoms with Crippen molar-refractivity contribution < 1.29 is 8.42 Å². The number of nitrogens with zero attached hydrogens (tertiary/aromatic N) is 6. The highest BCUT2D eigenvalue weighted by molar-refractivity contribution is 7.89. The SMILES string of the molecule is Cc1c(CN2CCN(S(=O)(=O)c3cccc4nsnc34)CC2)cnn1C. The van der Waals surface area contributed by atoms with Crippen molar-refractivity contribution in [3.05, 3.63) is 35.7 Å². The van der Waals surface area contributed by atoms with Crippen LogP contribution in [0, 0.1) is 6.92 Å². The van der Waals surface area contributed by atoms with Crippen molar-refractivity contribution in [2.75, 3.05) is 26.2 Å². The maximum Gasteiger partial charge on any atom is 0.245 e. The molecular weight excluding hydrogens is 372 g/mol. The van der Waals surface area contributed by atoms with Crippen LogP contribution in [0.5, 0.6) is 0 Å². The second-order valence-electron chi connectivity index (χ2n) is 6.45. The van der Waals surface area contributed by atoms with Gasteiger partial charge in [0.1, 0.15) is 15.9 Å². The Morgan fingerprint density at radius 2 is 1.92 bits per heavy atom. The average Bonchev–Trinajstić information content (AvgIpc) is 3.24. The van der Waals surface area contributed by atoms with E-state index in [1.807, 2.05) is 24.9 Å². The Kier molecular flexibility index (Phi) is 4.51. The van der Waals surface area contributed by atoms with E-state index in [0.29, 0.717) is 37.2 Å². The van der Waals surface area contributed by atoms with Crippen LogP contribution in [-0.2, 0) is 23.6 Å². The van der Waals surface area contributed by atoms with Crippen molar-refractivity contribution >= 4 is 32.8 Å². The maximum absolute atomic E-state index is 13.1. The van der Waals surface area contributed by atoms with Crippen molar-refractivity contribution in [2.45, 2.75) is 18.4 Å². The fourth-order valence-electron chi connectivity index (χ4n) is 3.20. The van der Waals surface area contributed by atoms with Crippen LogP contribution in [0.25, 0.3) is 11.0 Å². The minimum Gasteiger partial charge on any atom is -0.296 e. The molecule has 3 heterocycles. The highest BCUT2D eigenvalue weighted by atomic mass is 32.2. The number of hydrogen-bond acceptors (Lipinski definition) is 7. The van der Waals surface area contributed by atoms with Crippen LogP contribution in [0.4, 0.5) is 0 Å². The van der Waals surface area contributed by atoms with Crippen LogP contribution >= 0.6 is 11.7 Å². The van der Waals surface area contributed by atoms with E-state index in [1.54, 1.807) is 22.5 Å². The summed E-state index contributed by atoms with van der Waals surface area (Å²) in [5.74, 6) is 0. The molecule has 1 aliphatic heterocycles. The Labute approximate surface area is 156 Å². The zero-order valence-electron chi connectivity index (χ0n) is 14.7. The second-order valence-corrected chi connectivity index (χ2v) is 8.88. The molecule has 1 aliphatic rings. The van der Waals surface area contributed by atoms with Crippen LogP contribution < -0.4 is 0 Å². The fourth-order valence-corrected chi connectivity index (χ4v) is 5.37. The van der Waals surface area contributed by atoms with Gasteiger partial charge in [-0.2, -0.15) is 18.2 Å². The quantitative estimate of drug-likeness (QED) is 0.664. The molecule has 0 bridgehead atoms. The zero-order valence-corrected chi connectivity index (χ0v) is 16.3. The Morgan fingerprint density at radius 3 is 2.62 bits per heavy atom. The van der Waals surface area contributed by atoms with Gasteiger partial charge in [-0.25, -0.2) is 8.42 Å². The van der Waals surface area contributed by atoms with Gasteiger partial charge >= 0.3 is 0 Å². The molecule has 0 amide bonds. The molecular formula is C16H20N6O2S2. The van der Waals surface area contributed by atoms with Crippen molar-refractivity contribution in [2.24, 2.45) is 7.05 Å². The highest BCUT2D eigenvalue weighted by Crippen LogP contribution is 2.25. The summed E-state index contributed by atoms with van der Waals surface area (Å²) in [5, 5.41) is 4.27. The first-order chi connectivity index (χ1) is 12.5. The fraction of sp³-hybridized carbons (Fsp3) is 0.438. The van der Waals surface area contributed by atoms with Gasteiger partial charge in [-0.1, -0.05) is 6.07 Å². The lowest BCUT2D eigenvalue weighted by Crippen LogP contribution is -2.48. The highest BCUT2D eigenvalue weighted by Gasteiger charge is 2.30. The van der Waals surface area contributed by atoms with Crippen LogP contribution in [0.15, 0.2) is 29.3 Å². The van der Waals surface area contributed by atoms with E-state index in [-0.39, 0.29) is 4.90 Å². The Balaban J connectivity index is 1.49. The van der Waals surface area contributed by atoms with E-state index in [0.717, 1.165) is 24.0 Å². The Bertz CT molecular complexity index is 1030. The molecule has 2 aromatic heterocycles. The van der Waals surface area contributed by atoms with Gasteiger partial charge in [0.25, 0.3) is 0 Å². The molecule has 138 valence electrons. The van der Waals surface area contributed by atoms with Gasteiger partial charge in [-0.15, -0.1) is 0 Å². The summed E-state index contributed by atoms with van der Waals surface area (Å²) in [6.07, 6.45) is 1.88. The predicted octanol–water partition coefficient (Wildman–Crippen LogP) is 1.24. The van der Waals surface area contributed by atoms with Gasteiger partial charge in [0.15, 0.2) is 0 Å². The predicted molar refractivity (Wildman–Crippen MR) is 99.4 cm³/mol. The molecule has 0 saturated carbocycles. The maximum atomic E-state index is 13.1. The summed E-state index contributed by atoms with van der Waals surface area (Å²) in [5.41, 5.74) is 3.41. The summed E-state index contributed by atoms with van der Waals surface area (Å²) in [4.78, 5) is 2.52. The summed E-state index contributed by atoms with van der Waals surface area (Å²) >= 11 is 1.04. The van der Waals surface area contributed by atoms with Crippen molar-refractivity contribution in [3.63, 3.8) is 0 Å². The monoisotopic (exact) mass is 392 g/mol. The lowest BCUT2D eigenvalue weighted by molar-refractivity contribution is 0.181. The first kappa shape index (κ1) is 17.5. The standard InChI is InChI=1S/C16H20N6O2S2/c1-12-13(10-17-20(12)2)11-21-6-8-22(9-7-21)26(23,24)15-5-3-4-14-16(15)19-25-18-14/h3-5,10H,6-9,11H2,1-2H3. The molecule has 0 unspecified atom stereocenters. The number of aromatic nitrogens is 4. The van der Waals surface area contributed by atoms with Crippen LogP contribution in [0.1, 0.15) is 11.3 Å². The van der Waals surface area contributed by atoms with Crippen LogP contribution in [-0.4, -0.2) is 62.3 Å². The van der Waals surface area contributed by atoms with E-state index >= 15 is 0 Å². The van der Waals surface area contributed by atoms with Crippen LogP contribution in [0.2, 0.25) is 0 Å². The molecule has 0 atom stereocenters. The molecule has 0 aliphatic carbocycles. The van der Waals surface area contributed by atoms with E-state index in [9.17, 15) is 8.42 Å². The van der Waals surface area contributed by atoms with Crippen molar-refractivity contribution in [1.29, 1.82) is 0 Å². The van der Waals surface area contributed by atoms with Gasteiger partial charge in [0.2, 0.25) is 10.0 Å². The third kappa shape index (κ3) is 3.02. The normalized spacial score (nSPS) is 17.2. The van der Waals surface area contributed by atoms with Gasteiger partial charge in [-0.3, -0.25) is 9.58 Å². The molecule has 26 heavy (non-hydrogen) atoms. The summed E-state index contributed by atoms with van der Waals surface area (Å²) < 4.78 is 37.8. The number of benzene rings is 1. The number of rotatable bonds is 4. The Morgan fingerprint density at radius 1 is 1.15 bits per heavy atom. The molecule has 4 rings (SSSR count). The zero-order chi connectivity index (χ0) is 18.3. The van der Waals surface area contributed by atoms with E-state index < -0.39 is 10.0 Å². The largest absolute Gasteiger partial charge is 0.296 e. The summed E-state index contributed by atoms with van der Waals surface area (Å²) in [7, 11) is -1.64. The van der Waals surface area contributed by atoms with Crippen LogP contribution in [0.3, 0.4) is 0 Å². The Hall–Kier alpha value is -1.88. The van der Waals surface area contributed by atoms with E-state index in [4.69, 9.17) is 0 Å². The summed E-state index contributed by atoms with van der Waals surface area (Å²) in [6, 6.07) is 5.12. The third-order valence-corrected chi connectivity index (χ3v) is 7.40. The number of piperazine rings is 1. The smallest absolute Gasteiger partial charge is 0.245 e. The lowest BCUT2D eigenvalue weighted by Gasteiger charge is -2.33. The number of sulfonamides is 1. The second kappa shape index (κ2) is 6.69. The van der Waals surface area contributed by atoms with Gasteiger partial charge in [-0.05, 0) is 19.1 Å².